The van der Waals surface area contributed by atoms with Gasteiger partial charge in [-0.15, -0.1) is 0 Å². The zero-order chi connectivity index (χ0) is 13.4. The van der Waals surface area contributed by atoms with Crippen molar-refractivity contribution < 1.29 is 19.0 Å². The molecule has 0 aromatic heterocycles. The summed E-state index contributed by atoms with van der Waals surface area (Å²) in [6.07, 6.45) is 3.96. The fourth-order valence-electron chi connectivity index (χ4n) is 1.35. The quantitative estimate of drug-likeness (QED) is 0.575. The van der Waals surface area contributed by atoms with Gasteiger partial charge in [-0.25, -0.2) is 4.79 Å². The van der Waals surface area contributed by atoms with Crippen LogP contribution in [0.15, 0.2) is 24.3 Å². The minimum atomic E-state index is -0.389. The van der Waals surface area contributed by atoms with Crippen LogP contribution in [0.3, 0.4) is 0 Å². The molecule has 0 bridgehead atoms. The Labute approximate surface area is 107 Å². The van der Waals surface area contributed by atoms with Crippen LogP contribution in [0.5, 0.6) is 11.5 Å². The number of methoxy groups -OCH3 is 2. The molecule has 0 radical (unpaired) electrons. The summed E-state index contributed by atoms with van der Waals surface area (Å²) in [7, 11) is 2.93. The molecule has 98 valence electrons. The maximum atomic E-state index is 11.0. The molecule has 0 aliphatic rings. The molecule has 1 aromatic rings. The first-order chi connectivity index (χ1) is 8.71. The van der Waals surface area contributed by atoms with Crippen LogP contribution in [0, 0.1) is 0 Å². The van der Waals surface area contributed by atoms with E-state index in [9.17, 15) is 4.79 Å². The van der Waals surface area contributed by atoms with Crippen molar-refractivity contribution in [3.05, 3.63) is 29.8 Å². The minimum absolute atomic E-state index is 0.389. The SMILES string of the molecule is CCCOc1ccc(/C=C/C(=O)OC)cc1OC. The van der Waals surface area contributed by atoms with Crippen molar-refractivity contribution >= 4 is 12.0 Å². The van der Waals surface area contributed by atoms with Crippen LogP contribution in [0.1, 0.15) is 18.9 Å². The van der Waals surface area contributed by atoms with Gasteiger partial charge in [-0.05, 0) is 30.2 Å². The first kappa shape index (κ1) is 14.1. The molecule has 0 fully saturated rings. The highest BCUT2D eigenvalue weighted by Crippen LogP contribution is 2.28. The van der Waals surface area contributed by atoms with E-state index in [1.807, 2.05) is 25.1 Å². The number of benzene rings is 1. The van der Waals surface area contributed by atoms with Crippen LogP contribution in [-0.4, -0.2) is 26.8 Å². The Bertz CT molecular complexity index is 424. The standard InChI is InChI=1S/C14H18O4/c1-4-9-18-12-7-5-11(10-13(12)16-2)6-8-14(15)17-3/h5-8,10H,4,9H2,1-3H3/b8-6+. The molecule has 0 aliphatic heterocycles. The van der Waals surface area contributed by atoms with Crippen molar-refractivity contribution in [2.24, 2.45) is 0 Å². The molecule has 0 N–H and O–H groups in total. The molecule has 0 aliphatic carbocycles. The first-order valence-corrected chi connectivity index (χ1v) is 5.78. The number of esters is 1. The number of rotatable bonds is 6. The molecular weight excluding hydrogens is 232 g/mol. The molecule has 0 unspecified atom stereocenters. The van der Waals surface area contributed by atoms with E-state index in [1.165, 1.54) is 13.2 Å². The van der Waals surface area contributed by atoms with Gasteiger partial charge in [0.2, 0.25) is 0 Å². The Morgan fingerprint density at radius 1 is 1.28 bits per heavy atom. The van der Waals surface area contributed by atoms with Crippen LogP contribution >= 0.6 is 0 Å². The van der Waals surface area contributed by atoms with Crippen LogP contribution in [0.2, 0.25) is 0 Å². The fourth-order valence-corrected chi connectivity index (χ4v) is 1.35. The molecule has 4 nitrogen and oxygen atoms in total. The summed E-state index contributed by atoms with van der Waals surface area (Å²) < 4.78 is 15.3. The molecule has 0 heterocycles. The maximum absolute atomic E-state index is 11.0. The fraction of sp³-hybridized carbons (Fsp3) is 0.357. The molecule has 0 saturated heterocycles. The second-order valence-electron chi connectivity index (χ2n) is 3.62. The van der Waals surface area contributed by atoms with Crippen molar-refractivity contribution in [3.63, 3.8) is 0 Å². The van der Waals surface area contributed by atoms with Crippen molar-refractivity contribution in [2.75, 3.05) is 20.8 Å². The van der Waals surface area contributed by atoms with Gasteiger partial charge in [-0.1, -0.05) is 13.0 Å². The van der Waals surface area contributed by atoms with E-state index < -0.39 is 0 Å². The molecule has 0 atom stereocenters. The second kappa shape index (κ2) is 7.37. The molecule has 4 heteroatoms. The average molecular weight is 250 g/mol. The Balaban J connectivity index is 2.84. The molecule has 0 saturated carbocycles. The summed E-state index contributed by atoms with van der Waals surface area (Å²) >= 11 is 0. The lowest BCUT2D eigenvalue weighted by Crippen LogP contribution is -1.98. The Morgan fingerprint density at radius 3 is 2.67 bits per heavy atom. The van der Waals surface area contributed by atoms with E-state index in [0.29, 0.717) is 18.1 Å². The van der Waals surface area contributed by atoms with Gasteiger partial charge in [0.15, 0.2) is 11.5 Å². The zero-order valence-corrected chi connectivity index (χ0v) is 10.9. The summed E-state index contributed by atoms with van der Waals surface area (Å²) in [5.74, 6) is 0.963. The summed E-state index contributed by atoms with van der Waals surface area (Å²) in [5, 5.41) is 0. The van der Waals surface area contributed by atoms with Crippen LogP contribution < -0.4 is 9.47 Å². The van der Waals surface area contributed by atoms with Gasteiger partial charge in [0.05, 0.1) is 20.8 Å². The molecule has 0 amide bonds. The van der Waals surface area contributed by atoms with Gasteiger partial charge in [0, 0.05) is 6.08 Å². The highest BCUT2D eigenvalue weighted by Gasteiger charge is 2.04. The normalized spacial score (nSPS) is 10.4. The number of hydrogen-bond acceptors (Lipinski definition) is 4. The van der Waals surface area contributed by atoms with E-state index in [1.54, 1.807) is 13.2 Å². The Morgan fingerprint density at radius 2 is 2.06 bits per heavy atom. The summed E-state index contributed by atoms with van der Waals surface area (Å²) in [6, 6.07) is 5.49. The largest absolute Gasteiger partial charge is 0.493 e. The predicted molar refractivity (Wildman–Crippen MR) is 69.8 cm³/mol. The van der Waals surface area contributed by atoms with Gasteiger partial charge in [-0.2, -0.15) is 0 Å². The highest BCUT2D eigenvalue weighted by molar-refractivity contribution is 5.87. The Hall–Kier alpha value is -1.97. The monoisotopic (exact) mass is 250 g/mol. The number of carbonyl (C=O) groups is 1. The van der Waals surface area contributed by atoms with Crippen molar-refractivity contribution in [3.8, 4) is 11.5 Å². The topological polar surface area (TPSA) is 44.8 Å². The van der Waals surface area contributed by atoms with E-state index in [2.05, 4.69) is 4.74 Å². The predicted octanol–water partition coefficient (Wildman–Crippen LogP) is 2.67. The molecule has 0 spiro atoms. The zero-order valence-electron chi connectivity index (χ0n) is 10.9. The van der Waals surface area contributed by atoms with Crippen LogP contribution in [0.25, 0.3) is 6.08 Å². The van der Waals surface area contributed by atoms with E-state index in [4.69, 9.17) is 9.47 Å². The molecule has 1 aromatic carbocycles. The molecular formula is C14H18O4. The second-order valence-corrected chi connectivity index (χ2v) is 3.62. The van der Waals surface area contributed by atoms with Gasteiger partial charge >= 0.3 is 5.97 Å². The maximum Gasteiger partial charge on any atom is 0.330 e. The van der Waals surface area contributed by atoms with Crippen molar-refractivity contribution in [2.45, 2.75) is 13.3 Å². The summed E-state index contributed by atoms with van der Waals surface area (Å²) in [4.78, 5) is 11.0. The van der Waals surface area contributed by atoms with Crippen molar-refractivity contribution in [1.29, 1.82) is 0 Å². The molecule has 1 rings (SSSR count). The van der Waals surface area contributed by atoms with E-state index in [-0.39, 0.29) is 5.97 Å². The number of hydrogen-bond donors (Lipinski definition) is 0. The Kier molecular flexibility index (Phi) is 5.77. The minimum Gasteiger partial charge on any atom is -0.493 e. The van der Waals surface area contributed by atoms with Crippen LogP contribution in [-0.2, 0) is 9.53 Å². The average Bonchev–Trinajstić information content (AvgIpc) is 2.42. The highest BCUT2D eigenvalue weighted by atomic mass is 16.5. The smallest absolute Gasteiger partial charge is 0.330 e. The summed E-state index contributed by atoms with van der Waals surface area (Å²) in [6.45, 7) is 2.69. The van der Waals surface area contributed by atoms with E-state index in [0.717, 1.165) is 12.0 Å². The lowest BCUT2D eigenvalue weighted by Gasteiger charge is -2.10. The first-order valence-electron chi connectivity index (χ1n) is 5.78. The third-order valence-electron chi connectivity index (χ3n) is 2.26. The van der Waals surface area contributed by atoms with Gasteiger partial charge in [0.1, 0.15) is 0 Å². The van der Waals surface area contributed by atoms with Gasteiger partial charge < -0.3 is 14.2 Å². The number of ether oxygens (including phenoxy) is 3. The van der Waals surface area contributed by atoms with Gasteiger partial charge in [0.25, 0.3) is 0 Å². The third-order valence-corrected chi connectivity index (χ3v) is 2.26. The number of carbonyl (C=O) groups excluding carboxylic acids is 1. The van der Waals surface area contributed by atoms with Crippen LogP contribution in [0.4, 0.5) is 0 Å². The lowest BCUT2D eigenvalue weighted by atomic mass is 10.2. The molecule has 18 heavy (non-hydrogen) atoms. The lowest BCUT2D eigenvalue weighted by molar-refractivity contribution is -0.134. The van der Waals surface area contributed by atoms with Crippen molar-refractivity contribution in [1.82, 2.24) is 0 Å². The summed E-state index contributed by atoms with van der Waals surface area (Å²) in [5.41, 5.74) is 0.848. The van der Waals surface area contributed by atoms with E-state index >= 15 is 0 Å². The third kappa shape index (κ3) is 4.13. The van der Waals surface area contributed by atoms with Gasteiger partial charge in [-0.3, -0.25) is 0 Å².